The first kappa shape index (κ1) is 22.1. The van der Waals surface area contributed by atoms with E-state index < -0.39 is 33.5 Å². The fraction of sp³-hybridized carbons (Fsp3) is 0.227. The number of aryl methyl sites for hydroxylation is 1. The summed E-state index contributed by atoms with van der Waals surface area (Å²) in [5, 5.41) is 0. The summed E-state index contributed by atoms with van der Waals surface area (Å²) < 4.78 is 76.1. The second-order valence-corrected chi connectivity index (χ2v) is 9.33. The Balaban J connectivity index is 1.45. The summed E-state index contributed by atoms with van der Waals surface area (Å²) in [6.07, 6.45) is -4.87. The summed E-state index contributed by atoms with van der Waals surface area (Å²) >= 11 is 0. The molecule has 32 heavy (non-hydrogen) atoms. The van der Waals surface area contributed by atoms with Crippen molar-refractivity contribution in [3.63, 3.8) is 0 Å². The van der Waals surface area contributed by atoms with E-state index in [1.54, 1.807) is 13.0 Å². The maximum atomic E-state index is 12.9. The monoisotopic (exact) mass is 465 g/mol. The van der Waals surface area contributed by atoms with Crippen molar-refractivity contribution in [2.75, 3.05) is 13.1 Å². The molecule has 6 nitrogen and oxygen atoms in total. The van der Waals surface area contributed by atoms with Crippen LogP contribution in [0.4, 0.5) is 13.2 Å². The Bertz CT molecular complexity index is 1290. The van der Waals surface area contributed by atoms with Gasteiger partial charge in [-0.2, -0.15) is 17.5 Å². The number of hydrogen-bond donors (Lipinski definition) is 0. The van der Waals surface area contributed by atoms with Crippen molar-refractivity contribution in [2.24, 2.45) is 0 Å². The number of benzene rings is 2. The summed E-state index contributed by atoms with van der Waals surface area (Å²) in [7, 11) is -3.78. The van der Waals surface area contributed by atoms with Crippen molar-refractivity contribution in [2.45, 2.75) is 24.1 Å². The minimum absolute atomic E-state index is 0.0304. The molecule has 0 amide bonds. The van der Waals surface area contributed by atoms with Crippen LogP contribution in [-0.2, 0) is 16.2 Å². The van der Waals surface area contributed by atoms with Crippen molar-refractivity contribution in [3.8, 4) is 16.9 Å². The van der Waals surface area contributed by atoms with E-state index in [9.17, 15) is 26.4 Å². The molecule has 0 aliphatic carbocycles. The van der Waals surface area contributed by atoms with Gasteiger partial charge in [0.2, 0.25) is 10.0 Å². The first-order valence-electron chi connectivity index (χ1n) is 9.59. The van der Waals surface area contributed by atoms with E-state index in [4.69, 9.17) is 9.15 Å². The summed E-state index contributed by atoms with van der Waals surface area (Å²) in [6.45, 7) is 1.82. The average Bonchev–Trinajstić information content (AvgIpc) is 2.69. The van der Waals surface area contributed by atoms with Gasteiger partial charge in [0.15, 0.2) is 0 Å². The van der Waals surface area contributed by atoms with Gasteiger partial charge in [0.05, 0.1) is 29.6 Å². The predicted octanol–water partition coefficient (Wildman–Crippen LogP) is 4.09. The van der Waals surface area contributed by atoms with Crippen LogP contribution >= 0.6 is 0 Å². The highest BCUT2D eigenvalue weighted by Crippen LogP contribution is 2.33. The molecule has 4 rings (SSSR count). The summed E-state index contributed by atoms with van der Waals surface area (Å²) in [6, 6.07) is 13.3. The third-order valence-corrected chi connectivity index (χ3v) is 6.85. The number of nitrogens with zero attached hydrogens (tertiary/aromatic N) is 1. The average molecular weight is 465 g/mol. The predicted molar refractivity (Wildman–Crippen MR) is 110 cm³/mol. The minimum atomic E-state index is -4.46. The second kappa shape index (κ2) is 8.10. The molecule has 1 fully saturated rings. The molecule has 10 heteroatoms. The van der Waals surface area contributed by atoms with Crippen molar-refractivity contribution in [1.82, 2.24) is 4.31 Å². The van der Waals surface area contributed by atoms with Crippen molar-refractivity contribution in [3.05, 3.63) is 82.4 Å². The zero-order valence-corrected chi connectivity index (χ0v) is 17.6. The van der Waals surface area contributed by atoms with Crippen LogP contribution < -0.4 is 10.4 Å². The van der Waals surface area contributed by atoms with Gasteiger partial charge in [-0.15, -0.1) is 0 Å². The first-order chi connectivity index (χ1) is 15.0. The Hall–Kier alpha value is -3.11. The Kier molecular flexibility index (Phi) is 5.59. The smallest absolute Gasteiger partial charge is 0.416 e. The number of ether oxygens (including phenoxy) is 1. The molecule has 3 aromatic rings. The van der Waals surface area contributed by atoms with E-state index in [1.165, 1.54) is 46.8 Å². The van der Waals surface area contributed by atoms with Crippen LogP contribution in [0.25, 0.3) is 11.1 Å². The molecule has 1 saturated heterocycles. The Morgan fingerprint density at radius 2 is 1.69 bits per heavy atom. The summed E-state index contributed by atoms with van der Waals surface area (Å²) in [5.74, 6) is 0.698. The molecule has 2 aromatic carbocycles. The van der Waals surface area contributed by atoms with Gasteiger partial charge < -0.3 is 9.15 Å². The lowest BCUT2D eigenvalue weighted by Gasteiger charge is -2.37. The van der Waals surface area contributed by atoms with Gasteiger partial charge in [-0.3, -0.25) is 0 Å². The molecule has 0 unspecified atom stereocenters. The number of alkyl halides is 3. The number of halogens is 3. The molecule has 1 aromatic heterocycles. The van der Waals surface area contributed by atoms with Gasteiger partial charge in [-0.1, -0.05) is 24.3 Å². The molecule has 0 saturated carbocycles. The van der Waals surface area contributed by atoms with E-state index in [0.717, 1.165) is 12.1 Å². The third-order valence-electron chi connectivity index (χ3n) is 5.00. The molecule has 0 radical (unpaired) electrons. The third kappa shape index (κ3) is 4.56. The van der Waals surface area contributed by atoms with E-state index in [-0.39, 0.29) is 18.0 Å². The van der Waals surface area contributed by atoms with Crippen LogP contribution in [0.3, 0.4) is 0 Å². The Morgan fingerprint density at radius 3 is 2.31 bits per heavy atom. The SMILES string of the molecule is Cc1cc(OC2CN(S(=O)(=O)c3ccc(-c4cccc(C(F)(F)F)c4)cc3)C2)cc(=O)o1. The van der Waals surface area contributed by atoms with Gasteiger partial charge in [-0.25, -0.2) is 13.2 Å². The van der Waals surface area contributed by atoms with Crippen LogP contribution in [0.5, 0.6) is 5.75 Å². The van der Waals surface area contributed by atoms with Crippen LogP contribution in [0, 0.1) is 6.92 Å². The fourth-order valence-electron chi connectivity index (χ4n) is 3.35. The number of hydrogen-bond acceptors (Lipinski definition) is 5. The molecule has 0 spiro atoms. The van der Waals surface area contributed by atoms with Crippen molar-refractivity contribution in [1.29, 1.82) is 0 Å². The van der Waals surface area contributed by atoms with Crippen LogP contribution in [0.15, 0.2) is 74.8 Å². The normalized spacial score (nSPS) is 15.4. The highest BCUT2D eigenvalue weighted by molar-refractivity contribution is 7.89. The van der Waals surface area contributed by atoms with Crippen molar-refractivity contribution >= 4 is 10.0 Å². The standard InChI is InChI=1S/C22H18F3NO5S/c1-14-9-18(11-21(27)30-14)31-19-12-26(13-19)32(28,29)20-7-5-15(6-8-20)16-3-2-4-17(10-16)22(23,24)25/h2-11,19H,12-13H2,1H3. The number of rotatable bonds is 5. The van der Waals surface area contributed by atoms with Crippen LogP contribution in [-0.4, -0.2) is 31.9 Å². The van der Waals surface area contributed by atoms with E-state index in [1.807, 2.05) is 0 Å². The largest absolute Gasteiger partial charge is 0.487 e. The molecular formula is C22H18F3NO5S. The van der Waals surface area contributed by atoms with Gasteiger partial charge in [0.1, 0.15) is 17.6 Å². The maximum Gasteiger partial charge on any atom is 0.416 e. The van der Waals surface area contributed by atoms with Crippen LogP contribution in [0.2, 0.25) is 0 Å². The van der Waals surface area contributed by atoms with E-state index in [0.29, 0.717) is 22.6 Å². The Morgan fingerprint density at radius 1 is 1.00 bits per heavy atom. The molecule has 0 N–H and O–H groups in total. The fourth-order valence-corrected chi connectivity index (χ4v) is 4.85. The topological polar surface area (TPSA) is 76.8 Å². The molecule has 0 bridgehead atoms. The Labute approximate surface area is 181 Å². The lowest BCUT2D eigenvalue weighted by molar-refractivity contribution is -0.137. The zero-order chi connectivity index (χ0) is 23.1. The summed E-state index contributed by atoms with van der Waals surface area (Å²) in [4.78, 5) is 11.4. The highest BCUT2D eigenvalue weighted by atomic mass is 32.2. The molecule has 1 aliphatic rings. The minimum Gasteiger partial charge on any atom is -0.487 e. The van der Waals surface area contributed by atoms with Crippen molar-refractivity contribution < 1.29 is 30.7 Å². The van der Waals surface area contributed by atoms with E-state index >= 15 is 0 Å². The van der Waals surface area contributed by atoms with E-state index in [2.05, 4.69) is 0 Å². The first-order valence-corrected chi connectivity index (χ1v) is 11.0. The molecule has 168 valence electrons. The number of sulfonamides is 1. The lowest BCUT2D eigenvalue weighted by Crippen LogP contribution is -2.55. The zero-order valence-electron chi connectivity index (χ0n) is 16.8. The molecule has 2 heterocycles. The second-order valence-electron chi connectivity index (χ2n) is 7.39. The summed E-state index contributed by atoms with van der Waals surface area (Å²) in [5.41, 5.74) is -0.517. The highest BCUT2D eigenvalue weighted by Gasteiger charge is 2.38. The van der Waals surface area contributed by atoms with Gasteiger partial charge in [0, 0.05) is 6.07 Å². The van der Waals surface area contributed by atoms with Gasteiger partial charge >= 0.3 is 11.8 Å². The molecule has 0 atom stereocenters. The molecule has 1 aliphatic heterocycles. The van der Waals surface area contributed by atoms with Gasteiger partial charge in [0.25, 0.3) is 0 Å². The maximum absolute atomic E-state index is 12.9. The molecular weight excluding hydrogens is 447 g/mol. The quantitative estimate of drug-likeness (QED) is 0.568. The van der Waals surface area contributed by atoms with Gasteiger partial charge in [-0.05, 0) is 42.3 Å². The lowest BCUT2D eigenvalue weighted by atomic mass is 10.0. The van der Waals surface area contributed by atoms with Crippen LogP contribution in [0.1, 0.15) is 11.3 Å².